The lowest BCUT2D eigenvalue weighted by Crippen LogP contribution is -2.13. The van der Waals surface area contributed by atoms with Gasteiger partial charge in [0.1, 0.15) is 0 Å². The van der Waals surface area contributed by atoms with Gasteiger partial charge < -0.3 is 10.1 Å². The number of nitrogens with one attached hydrogen (secondary N) is 1. The lowest BCUT2D eigenvalue weighted by molar-refractivity contribution is 0.102. The van der Waals surface area contributed by atoms with Crippen molar-refractivity contribution < 1.29 is 14.2 Å². The number of carbonyl (C=O) groups is 1. The van der Waals surface area contributed by atoms with Gasteiger partial charge in [0.25, 0.3) is 5.91 Å². The zero-order chi connectivity index (χ0) is 23.1. The van der Waals surface area contributed by atoms with E-state index in [1.54, 1.807) is 0 Å². The largest absolute Gasteiger partial charge is 0.490 e. The number of hydrogen-bond donors (Lipinski definition) is 1. The summed E-state index contributed by atoms with van der Waals surface area (Å²) < 4.78 is 10.6. The first-order valence-corrected chi connectivity index (χ1v) is 11.5. The van der Waals surface area contributed by atoms with E-state index in [0.29, 0.717) is 18.1 Å². The monoisotopic (exact) mass is 475 g/mol. The molecule has 0 bridgehead atoms. The number of carbonyl (C=O) groups excluding carboxylic acids is 1. The minimum Gasteiger partial charge on any atom is -0.490 e. The van der Waals surface area contributed by atoms with E-state index in [4.69, 9.17) is 32.6 Å². The molecular formula is C24H27Cl2N3O3. The molecule has 3 rings (SSSR count). The number of ether oxygens (including phenoxy) is 1. The number of hydrogen-bond acceptors (Lipinski definition) is 5. The van der Waals surface area contributed by atoms with E-state index in [1.807, 2.05) is 32.0 Å². The zero-order valence-corrected chi connectivity index (χ0v) is 20.0. The number of amides is 1. The lowest BCUT2D eigenvalue weighted by atomic mass is 10.0. The van der Waals surface area contributed by atoms with E-state index in [0.717, 1.165) is 29.5 Å². The zero-order valence-electron chi connectivity index (χ0n) is 18.5. The molecule has 0 aliphatic rings. The van der Waals surface area contributed by atoms with Crippen molar-refractivity contribution in [1.29, 1.82) is 0 Å². The molecule has 1 N–H and O–H groups in total. The van der Waals surface area contributed by atoms with Crippen molar-refractivity contribution in [3.05, 3.63) is 57.1 Å². The molecule has 2 aromatic carbocycles. The molecule has 0 aliphatic heterocycles. The Balaban J connectivity index is 1.70. The average Bonchev–Trinajstić information content (AvgIpc) is 3.21. The van der Waals surface area contributed by atoms with Crippen molar-refractivity contribution in [3.63, 3.8) is 0 Å². The summed E-state index contributed by atoms with van der Waals surface area (Å²) in [7, 11) is 0. The molecule has 1 heterocycles. The molecule has 0 atom stereocenters. The van der Waals surface area contributed by atoms with Crippen molar-refractivity contribution in [2.24, 2.45) is 0 Å². The van der Waals surface area contributed by atoms with Crippen LogP contribution in [0.3, 0.4) is 0 Å². The summed E-state index contributed by atoms with van der Waals surface area (Å²) in [5.74, 6) is 0.185. The van der Waals surface area contributed by atoms with Crippen LogP contribution in [0.2, 0.25) is 10.0 Å². The van der Waals surface area contributed by atoms with Gasteiger partial charge in [0.15, 0.2) is 11.4 Å². The number of aryl methyl sites for hydroxylation is 2. The third-order valence-electron chi connectivity index (χ3n) is 5.12. The van der Waals surface area contributed by atoms with E-state index in [1.165, 1.54) is 31.4 Å². The molecule has 0 fully saturated rings. The summed E-state index contributed by atoms with van der Waals surface area (Å²) >= 11 is 12.7. The molecule has 0 aliphatic carbocycles. The van der Waals surface area contributed by atoms with Crippen molar-refractivity contribution in [1.82, 2.24) is 10.3 Å². The highest BCUT2D eigenvalue weighted by Crippen LogP contribution is 2.35. The van der Waals surface area contributed by atoms with Gasteiger partial charge in [-0.2, -0.15) is 0 Å². The topological polar surface area (TPSA) is 77.2 Å². The molecule has 32 heavy (non-hydrogen) atoms. The summed E-state index contributed by atoms with van der Waals surface area (Å²) in [5, 5.41) is 11.1. The molecule has 6 nitrogen and oxygen atoms in total. The summed E-state index contributed by atoms with van der Waals surface area (Å²) in [6.07, 6.45) is 5.62. The van der Waals surface area contributed by atoms with Gasteiger partial charge in [0, 0.05) is 11.1 Å². The van der Waals surface area contributed by atoms with Gasteiger partial charge >= 0.3 is 0 Å². The summed E-state index contributed by atoms with van der Waals surface area (Å²) in [6, 6.07) is 9.00. The van der Waals surface area contributed by atoms with Crippen LogP contribution in [0.4, 0.5) is 5.82 Å². The van der Waals surface area contributed by atoms with E-state index in [9.17, 15) is 4.79 Å². The van der Waals surface area contributed by atoms with Crippen LogP contribution in [0.5, 0.6) is 5.75 Å². The molecule has 0 saturated carbocycles. The number of aromatic nitrogens is 2. The minimum atomic E-state index is -0.429. The lowest BCUT2D eigenvalue weighted by Gasteiger charge is -2.12. The quantitative estimate of drug-likeness (QED) is 0.312. The normalized spacial score (nSPS) is 10.9. The Hall–Kier alpha value is -2.57. The number of rotatable bonds is 10. The van der Waals surface area contributed by atoms with Gasteiger partial charge in [-0.1, -0.05) is 73.5 Å². The van der Waals surface area contributed by atoms with E-state index >= 15 is 0 Å². The van der Waals surface area contributed by atoms with Crippen LogP contribution in [-0.4, -0.2) is 22.8 Å². The predicted molar refractivity (Wildman–Crippen MR) is 128 cm³/mol. The molecule has 0 radical (unpaired) electrons. The second kappa shape index (κ2) is 11.3. The first-order valence-electron chi connectivity index (χ1n) is 10.7. The maximum Gasteiger partial charge on any atom is 0.257 e. The van der Waals surface area contributed by atoms with Crippen molar-refractivity contribution in [2.75, 3.05) is 11.9 Å². The minimum absolute atomic E-state index is 0.225. The number of benzene rings is 2. The smallest absolute Gasteiger partial charge is 0.257 e. The fourth-order valence-corrected chi connectivity index (χ4v) is 3.92. The van der Waals surface area contributed by atoms with Gasteiger partial charge in [-0.3, -0.25) is 4.79 Å². The Kier molecular flexibility index (Phi) is 8.53. The molecule has 1 amide bonds. The molecule has 170 valence electrons. The maximum atomic E-state index is 12.8. The fourth-order valence-electron chi connectivity index (χ4n) is 3.33. The van der Waals surface area contributed by atoms with Gasteiger partial charge in [-0.15, -0.1) is 0 Å². The maximum absolute atomic E-state index is 12.8. The van der Waals surface area contributed by atoms with Gasteiger partial charge in [0.2, 0.25) is 5.82 Å². The average molecular weight is 476 g/mol. The van der Waals surface area contributed by atoms with Gasteiger partial charge in [-0.05, 0) is 54.3 Å². The Morgan fingerprint density at radius 2 is 1.75 bits per heavy atom. The van der Waals surface area contributed by atoms with Crippen molar-refractivity contribution in [3.8, 4) is 17.0 Å². The van der Waals surface area contributed by atoms with Crippen LogP contribution >= 0.6 is 23.2 Å². The first-order chi connectivity index (χ1) is 15.4. The fraction of sp³-hybridized carbons (Fsp3) is 0.375. The third kappa shape index (κ3) is 6.02. The highest BCUT2D eigenvalue weighted by atomic mass is 35.5. The Morgan fingerprint density at radius 3 is 2.47 bits per heavy atom. The van der Waals surface area contributed by atoms with Gasteiger partial charge in [0.05, 0.1) is 16.7 Å². The van der Waals surface area contributed by atoms with Crippen LogP contribution in [0.1, 0.15) is 60.5 Å². The van der Waals surface area contributed by atoms with Crippen molar-refractivity contribution >= 4 is 34.9 Å². The summed E-state index contributed by atoms with van der Waals surface area (Å²) in [6.45, 7) is 6.64. The molecule has 0 spiro atoms. The van der Waals surface area contributed by atoms with Crippen LogP contribution in [0, 0.1) is 13.8 Å². The van der Waals surface area contributed by atoms with Gasteiger partial charge in [-0.25, -0.2) is 4.63 Å². The first kappa shape index (κ1) is 24.1. The SMILES string of the molecule is CCCCCCCOc1c(Cl)cc(C(=O)Nc2nonc2-c2cc(C)ccc2C)cc1Cl. The summed E-state index contributed by atoms with van der Waals surface area (Å²) in [5.41, 5.74) is 3.62. The Labute approximate surface area is 198 Å². The molecule has 0 unspecified atom stereocenters. The van der Waals surface area contributed by atoms with E-state index in [-0.39, 0.29) is 21.4 Å². The Morgan fingerprint density at radius 1 is 1.03 bits per heavy atom. The molecule has 8 heteroatoms. The number of unbranched alkanes of at least 4 members (excludes halogenated alkanes) is 4. The van der Waals surface area contributed by atoms with Crippen LogP contribution in [0.15, 0.2) is 35.0 Å². The predicted octanol–water partition coefficient (Wildman–Crippen LogP) is 7.26. The van der Waals surface area contributed by atoms with E-state index < -0.39 is 5.91 Å². The molecule has 0 saturated heterocycles. The molecule has 1 aromatic heterocycles. The second-order valence-electron chi connectivity index (χ2n) is 7.77. The summed E-state index contributed by atoms with van der Waals surface area (Å²) in [4.78, 5) is 12.8. The molecule has 3 aromatic rings. The number of halogens is 2. The number of nitrogens with zero attached hydrogens (tertiary/aromatic N) is 2. The highest BCUT2D eigenvalue weighted by molar-refractivity contribution is 6.37. The Bertz CT molecular complexity index is 1060. The van der Waals surface area contributed by atoms with Crippen LogP contribution in [0.25, 0.3) is 11.3 Å². The standard InChI is InChI=1S/C24H27Cl2N3O3/c1-4-5-6-7-8-11-31-22-19(25)13-17(14-20(22)26)24(30)27-23-21(28-32-29-23)18-12-15(2)9-10-16(18)3/h9-10,12-14H,4-8,11H2,1-3H3,(H,27,29,30). The van der Waals surface area contributed by atoms with Crippen molar-refractivity contribution in [2.45, 2.75) is 52.9 Å². The third-order valence-corrected chi connectivity index (χ3v) is 5.68. The molecular weight excluding hydrogens is 449 g/mol. The number of anilines is 1. The van der Waals surface area contributed by atoms with Crippen LogP contribution < -0.4 is 10.1 Å². The highest BCUT2D eigenvalue weighted by Gasteiger charge is 2.20. The van der Waals surface area contributed by atoms with Crippen LogP contribution in [-0.2, 0) is 0 Å². The van der Waals surface area contributed by atoms with E-state index in [2.05, 4.69) is 22.6 Å². The second-order valence-corrected chi connectivity index (χ2v) is 8.58.